The fraction of sp³-hybridized carbons (Fsp3) is 0. The van der Waals surface area contributed by atoms with E-state index < -0.39 is 0 Å². The monoisotopic (exact) mass is 228 g/mol. The number of halogens is 1. The van der Waals surface area contributed by atoms with Gasteiger partial charge in [0.05, 0.1) is 0 Å². The molecule has 0 atom stereocenters. The van der Waals surface area contributed by atoms with Gasteiger partial charge in [0.2, 0.25) is 11.8 Å². The zero-order valence-electron chi connectivity index (χ0n) is 5.91. The first kappa shape index (κ1) is 7.42. The Hall–Kier alpha value is -1.23. The number of nitrogens with zero attached hydrogens (tertiary/aromatic N) is 1. The summed E-state index contributed by atoms with van der Waals surface area (Å²) >= 11 is 3.25. The molecule has 0 saturated carbocycles. The second-order valence-electron chi connectivity index (χ2n) is 2.25. The number of fused-ring (bicyclic) bond motifs is 1. The van der Waals surface area contributed by atoms with E-state index >= 15 is 0 Å². The van der Waals surface area contributed by atoms with Crippen LogP contribution in [-0.2, 0) is 0 Å². The van der Waals surface area contributed by atoms with Crippen LogP contribution in [-0.4, -0.2) is 10.1 Å². The Morgan fingerprint density at radius 3 is 3.25 bits per heavy atom. The third-order valence-corrected chi connectivity index (χ3v) is 1.80. The van der Waals surface area contributed by atoms with E-state index in [1.54, 1.807) is 12.3 Å². The molecular formula is C7H5BrN2O2. The Labute approximate surface area is 77.0 Å². The first-order valence-electron chi connectivity index (χ1n) is 3.24. The van der Waals surface area contributed by atoms with Gasteiger partial charge >= 0.3 is 0 Å². The van der Waals surface area contributed by atoms with Gasteiger partial charge in [-0.15, -0.1) is 0 Å². The molecule has 0 spiro atoms. The highest BCUT2D eigenvalue weighted by molar-refractivity contribution is 9.10. The number of anilines is 1. The summed E-state index contributed by atoms with van der Waals surface area (Å²) in [6.07, 6.45) is 2.82. The molecule has 5 heteroatoms. The zero-order valence-corrected chi connectivity index (χ0v) is 7.50. The van der Waals surface area contributed by atoms with Crippen molar-refractivity contribution in [1.29, 1.82) is 0 Å². The van der Waals surface area contributed by atoms with E-state index in [1.165, 1.54) is 6.26 Å². The number of hydrogen-bond acceptors (Lipinski definition) is 4. The molecule has 2 heterocycles. The van der Waals surface area contributed by atoms with E-state index in [0.717, 1.165) is 4.47 Å². The van der Waals surface area contributed by atoms with Gasteiger partial charge in [0, 0.05) is 10.7 Å². The Morgan fingerprint density at radius 2 is 2.42 bits per heavy atom. The SMILES string of the molecule is OC1=COc2ncc(Br)cc2N1. The fourth-order valence-corrected chi connectivity index (χ4v) is 1.22. The molecule has 0 aliphatic carbocycles. The lowest BCUT2D eigenvalue weighted by atomic mass is 10.4. The van der Waals surface area contributed by atoms with Crippen LogP contribution in [0.1, 0.15) is 0 Å². The average molecular weight is 229 g/mol. The zero-order chi connectivity index (χ0) is 8.55. The summed E-state index contributed by atoms with van der Waals surface area (Å²) in [6.45, 7) is 0. The summed E-state index contributed by atoms with van der Waals surface area (Å²) in [4.78, 5) is 3.97. The maximum atomic E-state index is 9.03. The summed E-state index contributed by atoms with van der Waals surface area (Å²) in [7, 11) is 0. The minimum Gasteiger partial charge on any atom is -0.492 e. The van der Waals surface area contributed by atoms with Crippen molar-refractivity contribution in [2.75, 3.05) is 5.32 Å². The van der Waals surface area contributed by atoms with Crippen molar-refractivity contribution in [3.05, 3.63) is 28.9 Å². The highest BCUT2D eigenvalue weighted by Crippen LogP contribution is 2.28. The Morgan fingerprint density at radius 1 is 1.58 bits per heavy atom. The number of nitrogens with one attached hydrogen (secondary N) is 1. The van der Waals surface area contributed by atoms with Crippen molar-refractivity contribution in [3.8, 4) is 5.88 Å². The lowest BCUT2D eigenvalue weighted by molar-refractivity contribution is 0.357. The van der Waals surface area contributed by atoms with Crippen LogP contribution in [0.25, 0.3) is 0 Å². The summed E-state index contributed by atoms with van der Waals surface area (Å²) in [5, 5.41) is 11.7. The number of pyridine rings is 1. The fourth-order valence-electron chi connectivity index (χ4n) is 0.889. The molecule has 1 aromatic rings. The minimum absolute atomic E-state index is 0.0256. The molecule has 0 bridgehead atoms. The van der Waals surface area contributed by atoms with Gasteiger partial charge in [-0.05, 0) is 22.0 Å². The molecule has 2 rings (SSSR count). The molecule has 0 aromatic carbocycles. The summed E-state index contributed by atoms with van der Waals surface area (Å²) in [6, 6.07) is 1.77. The molecule has 4 nitrogen and oxygen atoms in total. The van der Waals surface area contributed by atoms with Crippen LogP contribution < -0.4 is 10.1 Å². The molecule has 1 aliphatic rings. The van der Waals surface area contributed by atoms with Crippen LogP contribution >= 0.6 is 15.9 Å². The van der Waals surface area contributed by atoms with E-state index in [0.29, 0.717) is 11.6 Å². The van der Waals surface area contributed by atoms with Gasteiger partial charge in [-0.3, -0.25) is 0 Å². The van der Waals surface area contributed by atoms with E-state index in [9.17, 15) is 0 Å². The molecule has 0 saturated heterocycles. The van der Waals surface area contributed by atoms with Crippen LogP contribution in [0.2, 0.25) is 0 Å². The topological polar surface area (TPSA) is 54.4 Å². The second kappa shape index (κ2) is 2.67. The van der Waals surface area contributed by atoms with Gasteiger partial charge in [0.1, 0.15) is 5.69 Å². The highest BCUT2D eigenvalue weighted by atomic mass is 79.9. The molecule has 2 N–H and O–H groups in total. The smallest absolute Gasteiger partial charge is 0.242 e. The largest absolute Gasteiger partial charge is 0.492 e. The third kappa shape index (κ3) is 1.23. The molecule has 62 valence electrons. The van der Waals surface area contributed by atoms with Gasteiger partial charge < -0.3 is 15.2 Å². The Balaban J connectivity index is 2.43. The third-order valence-electron chi connectivity index (χ3n) is 1.36. The molecule has 0 radical (unpaired) electrons. The molecule has 1 aliphatic heterocycles. The van der Waals surface area contributed by atoms with Gasteiger partial charge in [-0.1, -0.05) is 0 Å². The van der Waals surface area contributed by atoms with E-state index in [2.05, 4.69) is 26.2 Å². The summed E-state index contributed by atoms with van der Waals surface area (Å²) in [5.41, 5.74) is 0.643. The number of rotatable bonds is 0. The van der Waals surface area contributed by atoms with Crippen molar-refractivity contribution in [3.63, 3.8) is 0 Å². The lowest BCUT2D eigenvalue weighted by Gasteiger charge is -2.14. The van der Waals surface area contributed by atoms with Crippen LogP contribution in [0.4, 0.5) is 5.69 Å². The molecule has 0 amide bonds. The molecule has 0 unspecified atom stereocenters. The Kier molecular flexibility index (Phi) is 1.65. The van der Waals surface area contributed by atoms with Crippen molar-refractivity contribution in [1.82, 2.24) is 4.98 Å². The van der Waals surface area contributed by atoms with Crippen LogP contribution in [0.3, 0.4) is 0 Å². The molecule has 0 fully saturated rings. The predicted molar refractivity (Wildman–Crippen MR) is 46.9 cm³/mol. The van der Waals surface area contributed by atoms with Crippen LogP contribution in [0.15, 0.2) is 28.9 Å². The maximum Gasteiger partial charge on any atom is 0.242 e. The first-order valence-corrected chi connectivity index (χ1v) is 4.03. The normalized spacial score (nSPS) is 13.9. The van der Waals surface area contributed by atoms with Gasteiger partial charge in [-0.2, -0.15) is 0 Å². The number of aromatic nitrogens is 1. The minimum atomic E-state index is -0.0256. The van der Waals surface area contributed by atoms with E-state index in [1.807, 2.05) is 0 Å². The molecule has 12 heavy (non-hydrogen) atoms. The van der Waals surface area contributed by atoms with Crippen molar-refractivity contribution < 1.29 is 9.84 Å². The molecule has 1 aromatic heterocycles. The van der Waals surface area contributed by atoms with Crippen molar-refractivity contribution in [2.24, 2.45) is 0 Å². The van der Waals surface area contributed by atoms with Crippen LogP contribution in [0, 0.1) is 0 Å². The van der Waals surface area contributed by atoms with E-state index in [-0.39, 0.29) is 5.88 Å². The summed E-state index contributed by atoms with van der Waals surface area (Å²) < 4.78 is 5.81. The van der Waals surface area contributed by atoms with Crippen molar-refractivity contribution >= 4 is 21.6 Å². The Bertz CT molecular complexity index is 351. The second-order valence-corrected chi connectivity index (χ2v) is 3.17. The number of ether oxygens (including phenoxy) is 1. The lowest BCUT2D eigenvalue weighted by Crippen LogP contribution is -2.08. The van der Waals surface area contributed by atoms with E-state index in [4.69, 9.17) is 9.84 Å². The molecular weight excluding hydrogens is 224 g/mol. The summed E-state index contributed by atoms with van der Waals surface area (Å²) in [5.74, 6) is 0.429. The van der Waals surface area contributed by atoms with Gasteiger partial charge in [0.25, 0.3) is 0 Å². The highest BCUT2D eigenvalue weighted by Gasteiger charge is 2.11. The van der Waals surface area contributed by atoms with Crippen LogP contribution in [0.5, 0.6) is 5.88 Å². The first-order chi connectivity index (χ1) is 5.75. The standard InChI is InChI=1S/C7H5BrN2O2/c8-4-1-5-7(9-2-4)12-3-6(11)10-5/h1-3,10-11H. The maximum absolute atomic E-state index is 9.03. The average Bonchev–Trinajstić information content (AvgIpc) is 2.03. The number of hydrogen-bond donors (Lipinski definition) is 2. The van der Waals surface area contributed by atoms with Gasteiger partial charge in [-0.25, -0.2) is 4.98 Å². The number of aliphatic hydroxyl groups excluding tert-OH is 1. The quantitative estimate of drug-likeness (QED) is 0.714. The number of aliphatic hydroxyl groups is 1. The predicted octanol–water partition coefficient (Wildman–Crippen LogP) is 2.01. The van der Waals surface area contributed by atoms with Crippen molar-refractivity contribution in [2.45, 2.75) is 0 Å². The van der Waals surface area contributed by atoms with Gasteiger partial charge in [0.15, 0.2) is 6.26 Å².